The third kappa shape index (κ3) is 11.3. The molecule has 376 valence electrons. The van der Waals surface area contributed by atoms with Gasteiger partial charge in [0.05, 0.1) is 7.11 Å². The molecule has 4 atom stereocenters. The number of methoxy groups -OCH3 is 1. The second kappa shape index (κ2) is 24.5. The van der Waals surface area contributed by atoms with Crippen molar-refractivity contribution in [2.24, 2.45) is 11.7 Å². The number of carbonyl (C=O) groups is 3. The predicted molar refractivity (Wildman–Crippen MR) is 278 cm³/mol. The van der Waals surface area contributed by atoms with Crippen molar-refractivity contribution < 1.29 is 44.3 Å². The molecule has 1 saturated heterocycles. The molecule has 0 amide bonds. The molecule has 2 heterocycles. The normalized spacial score (nSPS) is 19.7. The average molecular weight is 957 g/mol. The summed E-state index contributed by atoms with van der Waals surface area (Å²) in [4.78, 5) is 38.3. The lowest BCUT2D eigenvalue weighted by Gasteiger charge is -2.57. The van der Waals surface area contributed by atoms with E-state index >= 15 is 0 Å². The number of ether oxygens (including phenoxy) is 2. The Bertz CT molecular complexity index is 2490. The topological polar surface area (TPSA) is 180 Å². The van der Waals surface area contributed by atoms with Crippen molar-refractivity contribution in [3.63, 3.8) is 0 Å². The Kier molecular flexibility index (Phi) is 18.2. The highest BCUT2D eigenvalue weighted by Gasteiger charge is 2.65. The van der Waals surface area contributed by atoms with E-state index < -0.39 is 23.4 Å². The number of likely N-dealkylation sites (tertiary alicyclic amines) is 1. The van der Waals surface area contributed by atoms with Crippen molar-refractivity contribution in [2.75, 3.05) is 27.2 Å². The third-order valence-corrected chi connectivity index (χ3v) is 15.7. The third-order valence-electron chi connectivity index (χ3n) is 15.7. The Morgan fingerprint density at radius 3 is 1.73 bits per heavy atom. The van der Waals surface area contributed by atoms with Crippen LogP contribution in [0.4, 0.5) is 0 Å². The molecule has 5 aromatic carbocycles. The molecule has 2 aliphatic carbocycles. The largest absolute Gasteiger partial charge is 0.507 e. The summed E-state index contributed by atoms with van der Waals surface area (Å²) < 4.78 is 11.8. The van der Waals surface area contributed by atoms with Crippen molar-refractivity contribution in [3.8, 4) is 23.0 Å². The minimum atomic E-state index is -1.28. The predicted octanol–water partition coefficient (Wildman–Crippen LogP) is 12.5. The van der Waals surface area contributed by atoms with Gasteiger partial charge in [0.1, 0.15) is 22.6 Å². The molecule has 11 nitrogen and oxygen atoms in total. The van der Waals surface area contributed by atoms with Crippen LogP contribution in [-0.2, 0) is 23.1 Å². The summed E-state index contributed by atoms with van der Waals surface area (Å²) in [6.07, 6.45) is 26.3. The summed E-state index contributed by atoms with van der Waals surface area (Å²) in [5.74, 6) is -0.897. The quantitative estimate of drug-likeness (QED) is 0.0442. The minimum absolute atomic E-state index is 0.0407. The maximum Gasteiger partial charge on any atom is 0.339 e. The van der Waals surface area contributed by atoms with Gasteiger partial charge in [-0.2, -0.15) is 0 Å². The first-order valence-electron chi connectivity index (χ1n) is 26.2. The molecular formula is C59H76N2O9. The number of carboxylic acid groups (broad SMARTS) is 2. The van der Waals surface area contributed by atoms with E-state index in [2.05, 4.69) is 24.9 Å². The van der Waals surface area contributed by atoms with E-state index in [1.807, 2.05) is 6.07 Å². The van der Waals surface area contributed by atoms with Crippen molar-refractivity contribution in [1.29, 1.82) is 0 Å². The minimum Gasteiger partial charge on any atom is -0.507 e. The summed E-state index contributed by atoms with van der Waals surface area (Å²) in [6, 6.07) is 21.5. The first-order chi connectivity index (χ1) is 34.0. The van der Waals surface area contributed by atoms with Gasteiger partial charge in [0, 0.05) is 41.0 Å². The molecule has 70 heavy (non-hydrogen) atoms. The fourth-order valence-electron chi connectivity index (χ4n) is 12.0. The van der Waals surface area contributed by atoms with Gasteiger partial charge >= 0.3 is 11.9 Å². The van der Waals surface area contributed by atoms with Gasteiger partial charge in [0.25, 0.3) is 0 Å². The second-order valence-corrected chi connectivity index (χ2v) is 20.1. The Morgan fingerprint density at radius 1 is 0.743 bits per heavy atom. The first kappa shape index (κ1) is 52.2. The lowest BCUT2D eigenvalue weighted by atomic mass is 9.52. The molecule has 2 aliphatic heterocycles. The maximum atomic E-state index is 12.6. The van der Waals surface area contributed by atoms with Crippen molar-refractivity contribution in [2.45, 2.75) is 159 Å². The SMILES string of the molecule is CCCCCCCCCCCCCCCCCCN.COc1ccc2c3c1O[C@H]1C(=O)CC[C@H]4[C@@H](C2)N(C)CC[C@]314.O=C(O)c1cc2ccccc2c(Cc2c(O)c(C(=O)O)cc3ccccc23)c1O. The fraction of sp³-hybridized carbons (Fsp3) is 0.508. The number of piperidine rings is 1. The van der Waals surface area contributed by atoms with Crippen LogP contribution >= 0.6 is 0 Å². The molecule has 0 aromatic heterocycles. The van der Waals surface area contributed by atoms with E-state index in [0.29, 0.717) is 51.1 Å². The Hall–Kier alpha value is -5.65. The lowest BCUT2D eigenvalue weighted by molar-refractivity contribution is -0.138. The van der Waals surface area contributed by atoms with Gasteiger partial charge in [-0.3, -0.25) is 4.79 Å². The Morgan fingerprint density at radius 2 is 1.24 bits per heavy atom. The van der Waals surface area contributed by atoms with Crippen LogP contribution in [0.1, 0.15) is 172 Å². The van der Waals surface area contributed by atoms with E-state index in [1.165, 1.54) is 126 Å². The number of carbonyl (C=O) groups excluding carboxylic acids is 1. The van der Waals surface area contributed by atoms with Crippen LogP contribution in [0.15, 0.2) is 72.8 Å². The zero-order valence-electron chi connectivity index (χ0n) is 41.8. The van der Waals surface area contributed by atoms with E-state index in [-0.39, 0.29) is 34.8 Å². The van der Waals surface area contributed by atoms with Gasteiger partial charge in [-0.25, -0.2) is 9.59 Å². The molecule has 4 aliphatic rings. The Labute approximate surface area is 414 Å². The summed E-state index contributed by atoms with van der Waals surface area (Å²) in [7, 11) is 3.91. The summed E-state index contributed by atoms with van der Waals surface area (Å²) in [6.45, 7) is 4.21. The van der Waals surface area contributed by atoms with Gasteiger partial charge in [-0.1, -0.05) is 158 Å². The highest BCUT2D eigenvalue weighted by Crippen LogP contribution is 2.63. The van der Waals surface area contributed by atoms with E-state index in [0.717, 1.165) is 43.9 Å². The van der Waals surface area contributed by atoms with Crippen LogP contribution in [-0.4, -0.2) is 82.4 Å². The van der Waals surface area contributed by atoms with Crippen LogP contribution in [0.2, 0.25) is 0 Å². The number of likely N-dealkylation sites (N-methyl/N-ethyl adjacent to an activating group) is 1. The number of rotatable bonds is 21. The smallest absolute Gasteiger partial charge is 0.339 e. The average Bonchev–Trinajstić information content (AvgIpc) is 3.72. The van der Waals surface area contributed by atoms with Gasteiger partial charge in [-0.15, -0.1) is 0 Å². The van der Waals surface area contributed by atoms with Crippen LogP contribution in [0, 0.1) is 5.92 Å². The lowest BCUT2D eigenvalue weighted by Crippen LogP contribution is -2.65. The number of nitrogens with zero attached hydrogens (tertiary/aromatic N) is 1. The number of nitrogens with two attached hydrogens (primary N) is 1. The zero-order valence-corrected chi connectivity index (χ0v) is 41.8. The summed E-state index contributed by atoms with van der Waals surface area (Å²) in [5.41, 5.74) is 8.17. The maximum absolute atomic E-state index is 12.6. The number of Topliss-reactive ketones (excluding diaryl/α,β-unsaturated/α-hetero) is 1. The molecule has 2 fully saturated rings. The van der Waals surface area contributed by atoms with Crippen molar-refractivity contribution in [3.05, 3.63) is 106 Å². The second-order valence-electron chi connectivity index (χ2n) is 20.1. The van der Waals surface area contributed by atoms with Crippen LogP contribution in [0.3, 0.4) is 0 Å². The highest BCUT2D eigenvalue weighted by atomic mass is 16.5. The van der Waals surface area contributed by atoms with Crippen LogP contribution in [0.25, 0.3) is 21.5 Å². The zero-order chi connectivity index (χ0) is 49.8. The molecular weight excluding hydrogens is 881 g/mol. The standard InChI is InChI=1S/C23H16O6.C18H21NO3.C18H39N/c24-20-16(14-7-3-1-5-12(14)9-18(20)22(26)27)11-17-15-8-4-2-6-13(15)10-19(21(17)25)23(28)29;1-19-8-7-18-11-4-5-13(20)17(18)22-16-14(21-2)6-3-10(15(16)18)9-12(11)19;1-2-3-4-5-6-7-8-9-10-11-12-13-14-15-16-17-18-19/h1-10,24-25H,11H2,(H,26,27)(H,28,29);3,6,11-12,17H,4-5,7-9H2,1-2H3;2-19H2,1H3/t;11-,12+,17-,18-;/m.0./s1. The molecule has 6 N–H and O–H groups in total. The first-order valence-corrected chi connectivity index (χ1v) is 26.2. The number of hydrogen-bond acceptors (Lipinski definition) is 9. The molecule has 0 radical (unpaired) electrons. The molecule has 5 aromatic rings. The summed E-state index contributed by atoms with van der Waals surface area (Å²) >= 11 is 0. The number of aromatic hydroxyl groups is 2. The number of aromatic carboxylic acids is 2. The molecule has 2 bridgehead atoms. The van der Waals surface area contributed by atoms with Crippen LogP contribution < -0.4 is 15.2 Å². The van der Waals surface area contributed by atoms with Gasteiger partial charge in [0.15, 0.2) is 23.4 Å². The van der Waals surface area contributed by atoms with Crippen molar-refractivity contribution in [1.82, 2.24) is 4.90 Å². The van der Waals surface area contributed by atoms with E-state index in [9.17, 15) is 34.8 Å². The number of hydrogen-bond donors (Lipinski definition) is 5. The van der Waals surface area contributed by atoms with E-state index in [1.54, 1.807) is 55.6 Å². The van der Waals surface area contributed by atoms with Crippen molar-refractivity contribution >= 4 is 39.3 Å². The number of unbranched alkanes of at least 4 members (excludes halogenated alkanes) is 15. The molecule has 1 saturated carbocycles. The van der Waals surface area contributed by atoms with Gasteiger partial charge < -0.3 is 40.5 Å². The Balaban J connectivity index is 0.000000159. The number of carboxylic acids is 2. The number of ketones is 1. The molecule has 9 rings (SSSR count). The molecule has 1 spiro atoms. The number of benzene rings is 5. The van der Waals surface area contributed by atoms with Gasteiger partial charge in [-0.05, 0) is 97.0 Å². The molecule has 11 heteroatoms. The highest BCUT2D eigenvalue weighted by molar-refractivity contribution is 6.02. The summed E-state index contributed by atoms with van der Waals surface area (Å²) in [5, 5.41) is 42.8. The number of fused-ring (bicyclic) bond motifs is 2. The fourth-order valence-corrected chi connectivity index (χ4v) is 12.0. The monoisotopic (exact) mass is 957 g/mol. The number of phenols is 2. The van der Waals surface area contributed by atoms with Gasteiger partial charge in [0.2, 0.25) is 0 Å². The molecule has 0 unspecified atom stereocenters. The van der Waals surface area contributed by atoms with E-state index in [4.69, 9.17) is 15.2 Å². The van der Waals surface area contributed by atoms with Crippen LogP contribution in [0.5, 0.6) is 23.0 Å².